The second kappa shape index (κ2) is 7.35. The minimum absolute atomic E-state index is 0.105. The molecule has 0 saturated heterocycles. The molecule has 116 valence electrons. The Morgan fingerprint density at radius 1 is 1.05 bits per heavy atom. The molecule has 0 heterocycles. The minimum atomic E-state index is -0.584. The van der Waals surface area contributed by atoms with Crippen molar-refractivity contribution < 1.29 is 23.2 Å². The van der Waals surface area contributed by atoms with Gasteiger partial charge in [-0.3, -0.25) is 14.5 Å². The van der Waals surface area contributed by atoms with Crippen LogP contribution >= 0.6 is 0 Å². The number of nitro benzene ring substituents is 1. The van der Waals surface area contributed by atoms with Gasteiger partial charge in [-0.15, -0.1) is 0 Å². The Hall–Kier alpha value is -2.70. The van der Waals surface area contributed by atoms with Gasteiger partial charge < -0.3 is 9.47 Å². The maximum atomic E-state index is 12.8. The lowest BCUT2D eigenvalue weighted by molar-refractivity contribution is -0.385. The van der Waals surface area contributed by atoms with Gasteiger partial charge in [0.25, 0.3) is 5.69 Å². The van der Waals surface area contributed by atoms with Crippen LogP contribution in [0.4, 0.5) is 14.5 Å². The normalized spacial score (nSPS) is 10.3. The summed E-state index contributed by atoms with van der Waals surface area (Å²) in [6.07, 6.45) is 0.191. The van der Waals surface area contributed by atoms with Crippen molar-refractivity contribution in [2.45, 2.75) is 6.42 Å². The van der Waals surface area contributed by atoms with Crippen molar-refractivity contribution in [2.75, 3.05) is 13.3 Å². The molecule has 0 fully saturated rings. The summed E-state index contributed by atoms with van der Waals surface area (Å²) in [5.41, 5.74) is -0.213. The molecule has 7 heteroatoms. The zero-order chi connectivity index (χ0) is 15.9. The number of nitrogens with zero attached hydrogens (tertiary/aromatic N) is 1. The molecule has 2 aromatic rings. The molecule has 0 atom stereocenters. The highest BCUT2D eigenvalue weighted by atomic mass is 19.1. The number of rotatable bonds is 7. The van der Waals surface area contributed by atoms with Crippen molar-refractivity contribution in [1.82, 2.24) is 0 Å². The Labute approximate surface area is 125 Å². The summed E-state index contributed by atoms with van der Waals surface area (Å²) in [7, 11) is 0. The molecule has 0 spiro atoms. The van der Waals surface area contributed by atoms with Gasteiger partial charge in [-0.05, 0) is 24.3 Å². The third-order valence-electron chi connectivity index (χ3n) is 2.67. The first-order chi connectivity index (χ1) is 10.6. The summed E-state index contributed by atoms with van der Waals surface area (Å²) in [5.74, 6) is 0.300. The van der Waals surface area contributed by atoms with Gasteiger partial charge in [0, 0.05) is 12.5 Å². The highest BCUT2D eigenvalue weighted by molar-refractivity contribution is 5.47. The molecule has 0 aliphatic rings. The van der Waals surface area contributed by atoms with E-state index in [2.05, 4.69) is 0 Å². The molecule has 0 unspecified atom stereocenters. The fourth-order valence-electron chi connectivity index (χ4n) is 1.69. The zero-order valence-electron chi connectivity index (χ0n) is 11.5. The first-order valence-electron chi connectivity index (χ1n) is 6.50. The second-order valence-electron chi connectivity index (χ2n) is 4.37. The van der Waals surface area contributed by atoms with Crippen LogP contribution in [0.5, 0.6) is 17.2 Å². The number of non-ortho nitro benzene ring substituents is 1. The lowest BCUT2D eigenvalue weighted by Crippen LogP contribution is -1.99. The van der Waals surface area contributed by atoms with Gasteiger partial charge in [-0.2, -0.15) is 0 Å². The van der Waals surface area contributed by atoms with Gasteiger partial charge >= 0.3 is 0 Å². The van der Waals surface area contributed by atoms with E-state index >= 15 is 0 Å². The molecular weight excluding hydrogens is 296 g/mol. The third-order valence-corrected chi connectivity index (χ3v) is 2.67. The first kappa shape index (κ1) is 15.7. The summed E-state index contributed by atoms with van der Waals surface area (Å²) in [6.45, 7) is -0.429. The van der Waals surface area contributed by atoms with Crippen molar-refractivity contribution in [3.63, 3.8) is 0 Å². The highest BCUT2D eigenvalue weighted by Gasteiger charge is 2.12. The second-order valence-corrected chi connectivity index (χ2v) is 4.37. The van der Waals surface area contributed by atoms with Gasteiger partial charge in [-0.25, -0.2) is 4.39 Å². The lowest BCUT2D eigenvalue weighted by atomic mass is 10.2. The van der Waals surface area contributed by atoms with Crippen LogP contribution in [0.25, 0.3) is 0 Å². The molecule has 0 saturated carbocycles. The van der Waals surface area contributed by atoms with E-state index in [-0.39, 0.29) is 30.2 Å². The quantitative estimate of drug-likeness (QED) is 0.435. The highest BCUT2D eigenvalue weighted by Crippen LogP contribution is 2.31. The maximum Gasteiger partial charge on any atom is 0.276 e. The Morgan fingerprint density at radius 2 is 1.73 bits per heavy atom. The number of nitro groups is 1. The Morgan fingerprint density at radius 3 is 2.36 bits per heavy atom. The van der Waals surface area contributed by atoms with Crippen LogP contribution in [0.15, 0.2) is 42.5 Å². The standard InChI is InChI=1S/C15H13F2NO4/c16-6-1-7-21-14-8-12(18(19)20)9-15(10-14)22-13-4-2-11(17)3-5-13/h2-5,8-10H,1,6-7H2. The van der Waals surface area contributed by atoms with Crippen LogP contribution in [0.2, 0.25) is 0 Å². The smallest absolute Gasteiger partial charge is 0.276 e. The molecule has 22 heavy (non-hydrogen) atoms. The summed E-state index contributed by atoms with van der Waals surface area (Å²) in [6, 6.07) is 9.14. The van der Waals surface area contributed by atoms with Crippen molar-refractivity contribution in [3.8, 4) is 17.2 Å². The van der Waals surface area contributed by atoms with Crippen molar-refractivity contribution in [3.05, 3.63) is 58.4 Å². The number of benzene rings is 2. The molecule has 5 nitrogen and oxygen atoms in total. The first-order valence-corrected chi connectivity index (χ1v) is 6.50. The van der Waals surface area contributed by atoms with E-state index in [1.54, 1.807) is 0 Å². The summed E-state index contributed by atoms with van der Waals surface area (Å²) in [5, 5.41) is 10.9. The third kappa shape index (κ3) is 4.41. The van der Waals surface area contributed by atoms with E-state index in [1.165, 1.54) is 42.5 Å². The molecular formula is C15H13F2NO4. The molecule has 0 radical (unpaired) electrons. The van der Waals surface area contributed by atoms with E-state index in [0.717, 1.165) is 0 Å². The summed E-state index contributed by atoms with van der Waals surface area (Å²) >= 11 is 0. The minimum Gasteiger partial charge on any atom is -0.493 e. The molecule has 0 bridgehead atoms. The predicted molar refractivity (Wildman–Crippen MR) is 75.7 cm³/mol. The fraction of sp³-hybridized carbons (Fsp3) is 0.200. The summed E-state index contributed by atoms with van der Waals surface area (Å²) < 4.78 is 35.6. The van der Waals surface area contributed by atoms with Crippen LogP contribution < -0.4 is 9.47 Å². The number of alkyl halides is 1. The van der Waals surface area contributed by atoms with E-state index in [1.807, 2.05) is 0 Å². The van der Waals surface area contributed by atoms with Crippen molar-refractivity contribution in [1.29, 1.82) is 0 Å². The van der Waals surface area contributed by atoms with E-state index in [4.69, 9.17) is 9.47 Å². The van der Waals surface area contributed by atoms with E-state index in [0.29, 0.717) is 5.75 Å². The number of ether oxygens (including phenoxy) is 2. The van der Waals surface area contributed by atoms with E-state index in [9.17, 15) is 18.9 Å². The molecule has 0 aliphatic heterocycles. The number of halogens is 2. The zero-order valence-corrected chi connectivity index (χ0v) is 11.5. The predicted octanol–water partition coefficient (Wildman–Crippen LogP) is 4.26. The van der Waals surface area contributed by atoms with Crippen LogP contribution in [0.3, 0.4) is 0 Å². The van der Waals surface area contributed by atoms with Crippen LogP contribution in [0, 0.1) is 15.9 Å². The molecule has 0 aromatic heterocycles. The van der Waals surface area contributed by atoms with E-state index < -0.39 is 17.4 Å². The Balaban J connectivity index is 2.21. The van der Waals surface area contributed by atoms with Crippen molar-refractivity contribution >= 4 is 5.69 Å². The van der Waals surface area contributed by atoms with Gasteiger partial charge in [0.1, 0.15) is 23.1 Å². The van der Waals surface area contributed by atoms with Crippen molar-refractivity contribution in [2.24, 2.45) is 0 Å². The molecule has 2 rings (SSSR count). The van der Waals surface area contributed by atoms with Gasteiger partial charge in [0.15, 0.2) is 0 Å². The average molecular weight is 309 g/mol. The topological polar surface area (TPSA) is 61.6 Å². The fourth-order valence-corrected chi connectivity index (χ4v) is 1.69. The summed E-state index contributed by atoms with van der Waals surface area (Å²) in [4.78, 5) is 10.3. The molecule has 0 amide bonds. The SMILES string of the molecule is O=[N+]([O-])c1cc(OCCCF)cc(Oc2ccc(F)cc2)c1. The van der Waals surface area contributed by atoms with Crippen LogP contribution in [-0.2, 0) is 0 Å². The van der Waals surface area contributed by atoms with Gasteiger partial charge in [0.2, 0.25) is 0 Å². The number of hydrogen-bond donors (Lipinski definition) is 0. The Kier molecular flexibility index (Phi) is 5.24. The molecule has 2 aromatic carbocycles. The lowest BCUT2D eigenvalue weighted by Gasteiger charge is -2.09. The molecule has 0 aliphatic carbocycles. The van der Waals surface area contributed by atoms with Crippen LogP contribution in [0.1, 0.15) is 6.42 Å². The molecule has 0 N–H and O–H groups in total. The average Bonchev–Trinajstić information content (AvgIpc) is 2.50. The number of hydrogen-bond acceptors (Lipinski definition) is 4. The largest absolute Gasteiger partial charge is 0.493 e. The van der Waals surface area contributed by atoms with Gasteiger partial charge in [-0.1, -0.05) is 0 Å². The monoisotopic (exact) mass is 309 g/mol. The van der Waals surface area contributed by atoms with Crippen LogP contribution in [-0.4, -0.2) is 18.2 Å². The Bertz CT molecular complexity index is 646. The maximum absolute atomic E-state index is 12.8. The van der Waals surface area contributed by atoms with Gasteiger partial charge in [0.05, 0.1) is 30.3 Å².